The zero-order valence-corrected chi connectivity index (χ0v) is 18.3. The van der Waals surface area contributed by atoms with Crippen LogP contribution in [0.4, 0.5) is 5.82 Å². The van der Waals surface area contributed by atoms with Crippen molar-refractivity contribution in [3.8, 4) is 17.1 Å². The average molecular weight is 451 g/mol. The van der Waals surface area contributed by atoms with Gasteiger partial charge < -0.3 is 13.9 Å². The number of rotatable bonds is 5. The van der Waals surface area contributed by atoms with Crippen molar-refractivity contribution < 1.29 is 12.8 Å². The second-order valence-corrected chi connectivity index (χ2v) is 9.45. The van der Waals surface area contributed by atoms with Gasteiger partial charge in [0.15, 0.2) is 17.5 Å². The Morgan fingerprint density at radius 2 is 1.53 bits per heavy atom. The smallest absolute Gasteiger partial charge is 0.243 e. The summed E-state index contributed by atoms with van der Waals surface area (Å²) in [6.07, 6.45) is 5.38. The minimum atomic E-state index is -3.57. The Balaban J connectivity index is 1.25. The van der Waals surface area contributed by atoms with E-state index in [0.29, 0.717) is 37.8 Å². The number of hydrogen-bond acceptors (Lipinski definition) is 7. The lowest BCUT2D eigenvalue weighted by atomic mass is 10.2. The molecule has 4 heterocycles. The van der Waals surface area contributed by atoms with Crippen LogP contribution in [0.3, 0.4) is 0 Å². The molecular formula is C22H22N6O3S. The van der Waals surface area contributed by atoms with Crippen molar-refractivity contribution in [3.63, 3.8) is 0 Å². The van der Waals surface area contributed by atoms with Gasteiger partial charge in [-0.25, -0.2) is 13.4 Å². The minimum absolute atomic E-state index is 0.269. The summed E-state index contributed by atoms with van der Waals surface area (Å²) in [5.41, 5.74) is 1.50. The molecule has 10 heteroatoms. The lowest BCUT2D eigenvalue weighted by molar-refractivity contribution is 0.383. The molecule has 1 aromatic carbocycles. The summed E-state index contributed by atoms with van der Waals surface area (Å²) >= 11 is 0. The summed E-state index contributed by atoms with van der Waals surface area (Å²) < 4.78 is 34.8. The van der Waals surface area contributed by atoms with E-state index in [-0.39, 0.29) is 4.90 Å². The maximum Gasteiger partial charge on any atom is 0.243 e. The Bertz CT molecular complexity index is 1290. The molecule has 3 aromatic heterocycles. The standard InChI is InChI=1S/C22H22N6O3S/c1-17-23-20(16-31-17)18-4-6-19(7-5-18)32(29,30)28-14-12-27(13-15-28)22-9-8-21(24-25-22)26-10-2-3-11-26/h2-11,16H,12-15H2,1H3. The highest BCUT2D eigenvalue weighted by Crippen LogP contribution is 2.24. The number of oxazole rings is 1. The number of piperazine rings is 1. The molecule has 1 saturated heterocycles. The number of sulfonamides is 1. The largest absolute Gasteiger partial charge is 0.449 e. The van der Waals surface area contributed by atoms with E-state index in [1.165, 1.54) is 4.31 Å². The van der Waals surface area contributed by atoms with Gasteiger partial charge in [0.1, 0.15) is 12.0 Å². The Hall–Kier alpha value is -3.50. The quantitative estimate of drug-likeness (QED) is 0.461. The van der Waals surface area contributed by atoms with E-state index in [1.54, 1.807) is 37.5 Å². The number of anilines is 1. The molecule has 1 fully saturated rings. The zero-order valence-electron chi connectivity index (χ0n) is 17.5. The Kier molecular flexibility index (Phi) is 5.24. The Morgan fingerprint density at radius 1 is 0.875 bits per heavy atom. The number of benzene rings is 1. The highest BCUT2D eigenvalue weighted by atomic mass is 32.2. The molecule has 5 rings (SSSR count). The fourth-order valence-electron chi connectivity index (χ4n) is 3.71. The molecule has 0 unspecified atom stereocenters. The predicted octanol–water partition coefficient (Wildman–Crippen LogP) is 2.74. The first-order chi connectivity index (χ1) is 15.5. The molecular weight excluding hydrogens is 428 g/mol. The molecule has 0 spiro atoms. The molecule has 4 aromatic rings. The molecule has 32 heavy (non-hydrogen) atoms. The van der Waals surface area contributed by atoms with Gasteiger partial charge in [-0.1, -0.05) is 12.1 Å². The van der Waals surface area contributed by atoms with Gasteiger partial charge in [-0.15, -0.1) is 10.2 Å². The van der Waals surface area contributed by atoms with Crippen molar-refractivity contribution in [2.24, 2.45) is 0 Å². The van der Waals surface area contributed by atoms with E-state index in [4.69, 9.17) is 4.42 Å². The van der Waals surface area contributed by atoms with E-state index in [9.17, 15) is 8.42 Å². The van der Waals surface area contributed by atoms with Gasteiger partial charge >= 0.3 is 0 Å². The van der Waals surface area contributed by atoms with Crippen molar-refractivity contribution in [1.82, 2.24) is 24.1 Å². The van der Waals surface area contributed by atoms with Crippen LogP contribution in [-0.4, -0.2) is 58.7 Å². The summed E-state index contributed by atoms with van der Waals surface area (Å²) in [7, 11) is -3.57. The summed E-state index contributed by atoms with van der Waals surface area (Å²) in [6, 6.07) is 14.4. The monoisotopic (exact) mass is 450 g/mol. The molecule has 0 saturated carbocycles. The topological polar surface area (TPSA) is 97.4 Å². The van der Waals surface area contributed by atoms with Gasteiger partial charge in [-0.3, -0.25) is 0 Å². The van der Waals surface area contributed by atoms with Gasteiger partial charge in [0.25, 0.3) is 0 Å². The third kappa shape index (κ3) is 3.90. The van der Waals surface area contributed by atoms with Crippen LogP contribution in [0.1, 0.15) is 5.89 Å². The molecule has 0 atom stereocenters. The van der Waals surface area contributed by atoms with Gasteiger partial charge in [0.2, 0.25) is 10.0 Å². The number of nitrogens with zero attached hydrogens (tertiary/aromatic N) is 6. The van der Waals surface area contributed by atoms with E-state index < -0.39 is 10.0 Å². The van der Waals surface area contributed by atoms with Crippen molar-refractivity contribution in [3.05, 3.63) is 73.1 Å². The first-order valence-electron chi connectivity index (χ1n) is 10.3. The molecule has 0 aliphatic carbocycles. The van der Waals surface area contributed by atoms with Gasteiger partial charge in [-0.2, -0.15) is 4.31 Å². The molecule has 0 N–H and O–H groups in total. The molecule has 0 amide bonds. The SMILES string of the molecule is Cc1nc(-c2ccc(S(=O)(=O)N3CCN(c4ccc(-n5cccc5)nn4)CC3)cc2)co1. The van der Waals surface area contributed by atoms with Crippen LogP contribution in [0.15, 0.2) is 76.5 Å². The number of hydrogen-bond donors (Lipinski definition) is 0. The second kappa shape index (κ2) is 8.21. The summed E-state index contributed by atoms with van der Waals surface area (Å²) in [5, 5.41) is 8.59. The summed E-state index contributed by atoms with van der Waals surface area (Å²) in [5.74, 6) is 2.05. The third-order valence-electron chi connectivity index (χ3n) is 5.47. The Labute approximate surface area is 186 Å². The summed E-state index contributed by atoms with van der Waals surface area (Å²) in [4.78, 5) is 6.59. The molecule has 1 aliphatic heterocycles. The molecule has 9 nitrogen and oxygen atoms in total. The summed E-state index contributed by atoms with van der Waals surface area (Å²) in [6.45, 7) is 3.63. The van der Waals surface area contributed by atoms with E-state index in [0.717, 1.165) is 17.2 Å². The second-order valence-electron chi connectivity index (χ2n) is 7.51. The van der Waals surface area contributed by atoms with Crippen LogP contribution in [0.2, 0.25) is 0 Å². The predicted molar refractivity (Wildman–Crippen MR) is 119 cm³/mol. The number of aromatic nitrogens is 4. The maximum atomic E-state index is 13.1. The normalized spacial score (nSPS) is 15.2. The fraction of sp³-hybridized carbons (Fsp3) is 0.227. The van der Waals surface area contributed by atoms with Crippen LogP contribution in [0.25, 0.3) is 17.1 Å². The molecule has 0 radical (unpaired) electrons. The Morgan fingerprint density at radius 3 is 2.12 bits per heavy atom. The van der Waals surface area contributed by atoms with Gasteiger partial charge in [-0.05, 0) is 36.4 Å². The lowest BCUT2D eigenvalue weighted by Gasteiger charge is -2.34. The van der Waals surface area contributed by atoms with Crippen molar-refractivity contribution in [1.29, 1.82) is 0 Å². The van der Waals surface area contributed by atoms with Crippen molar-refractivity contribution in [2.75, 3.05) is 31.1 Å². The fourth-order valence-corrected chi connectivity index (χ4v) is 5.13. The average Bonchev–Trinajstić information content (AvgIpc) is 3.52. The van der Waals surface area contributed by atoms with Crippen LogP contribution in [0.5, 0.6) is 0 Å². The number of aryl methyl sites for hydroxylation is 1. The van der Waals surface area contributed by atoms with Crippen LogP contribution < -0.4 is 4.90 Å². The minimum Gasteiger partial charge on any atom is -0.449 e. The van der Waals surface area contributed by atoms with Crippen molar-refractivity contribution >= 4 is 15.8 Å². The van der Waals surface area contributed by atoms with Crippen LogP contribution in [-0.2, 0) is 10.0 Å². The first-order valence-corrected chi connectivity index (χ1v) is 11.7. The van der Waals surface area contributed by atoms with E-state index in [2.05, 4.69) is 20.1 Å². The van der Waals surface area contributed by atoms with Crippen LogP contribution >= 0.6 is 0 Å². The van der Waals surface area contributed by atoms with Gasteiger partial charge in [0.05, 0.1) is 4.90 Å². The maximum absolute atomic E-state index is 13.1. The lowest BCUT2D eigenvalue weighted by Crippen LogP contribution is -2.49. The molecule has 0 bridgehead atoms. The van der Waals surface area contributed by atoms with Crippen LogP contribution in [0, 0.1) is 6.92 Å². The highest BCUT2D eigenvalue weighted by molar-refractivity contribution is 7.89. The van der Waals surface area contributed by atoms with E-state index >= 15 is 0 Å². The highest BCUT2D eigenvalue weighted by Gasteiger charge is 2.29. The first kappa shape index (κ1) is 20.4. The zero-order chi connectivity index (χ0) is 22.1. The van der Waals surface area contributed by atoms with Gasteiger partial charge in [0, 0.05) is 51.1 Å². The third-order valence-corrected chi connectivity index (χ3v) is 7.39. The molecule has 1 aliphatic rings. The van der Waals surface area contributed by atoms with E-state index in [1.807, 2.05) is 41.2 Å². The molecule has 164 valence electrons. The van der Waals surface area contributed by atoms with Crippen molar-refractivity contribution in [2.45, 2.75) is 11.8 Å².